The van der Waals surface area contributed by atoms with Crippen molar-refractivity contribution in [1.82, 2.24) is 10.6 Å². The first-order valence-electron chi connectivity index (χ1n) is 6.57. The zero-order valence-electron chi connectivity index (χ0n) is 10.5. The first-order chi connectivity index (χ1) is 9.09. The van der Waals surface area contributed by atoms with Gasteiger partial charge < -0.3 is 10.6 Å². The van der Waals surface area contributed by atoms with Crippen LogP contribution in [0.5, 0.6) is 0 Å². The van der Waals surface area contributed by atoms with Crippen LogP contribution < -0.4 is 10.6 Å². The molecular formula is C14H16ClFN2O. The Bertz CT molecular complexity index is 494. The van der Waals surface area contributed by atoms with E-state index in [1.165, 1.54) is 18.2 Å². The van der Waals surface area contributed by atoms with Crippen molar-refractivity contribution in [3.8, 4) is 0 Å². The van der Waals surface area contributed by atoms with E-state index in [2.05, 4.69) is 10.6 Å². The Hall–Kier alpha value is -1.13. The molecule has 102 valence electrons. The van der Waals surface area contributed by atoms with Crippen molar-refractivity contribution in [3.05, 3.63) is 34.6 Å². The predicted octanol–water partition coefficient (Wildman–Crippen LogP) is 2.35. The maximum Gasteiger partial charge on any atom is 0.251 e. The topological polar surface area (TPSA) is 41.1 Å². The predicted molar refractivity (Wildman–Crippen MR) is 71.8 cm³/mol. The molecule has 2 fully saturated rings. The minimum absolute atomic E-state index is 0.226. The molecule has 3 rings (SSSR count). The van der Waals surface area contributed by atoms with Crippen molar-refractivity contribution < 1.29 is 9.18 Å². The summed E-state index contributed by atoms with van der Waals surface area (Å²) >= 11 is 5.76. The van der Waals surface area contributed by atoms with Crippen molar-refractivity contribution in [2.24, 2.45) is 5.41 Å². The average Bonchev–Trinajstić information content (AvgIpc) is 3.00. The molecule has 2 N–H and O–H groups in total. The van der Waals surface area contributed by atoms with Gasteiger partial charge in [-0.05, 0) is 56.0 Å². The Kier molecular flexibility index (Phi) is 3.23. The molecular weight excluding hydrogens is 267 g/mol. The van der Waals surface area contributed by atoms with Crippen LogP contribution >= 0.6 is 11.6 Å². The molecule has 1 aliphatic heterocycles. The summed E-state index contributed by atoms with van der Waals surface area (Å²) in [6.45, 7) is 2.02. The quantitative estimate of drug-likeness (QED) is 0.874. The Morgan fingerprint density at radius 2 is 2.11 bits per heavy atom. The van der Waals surface area contributed by atoms with Gasteiger partial charge in [0.15, 0.2) is 0 Å². The second-order valence-electron chi connectivity index (χ2n) is 5.50. The molecule has 0 aromatic heterocycles. The van der Waals surface area contributed by atoms with Crippen molar-refractivity contribution in [1.29, 1.82) is 0 Å². The lowest BCUT2D eigenvalue weighted by atomic mass is 9.94. The van der Waals surface area contributed by atoms with E-state index < -0.39 is 5.82 Å². The van der Waals surface area contributed by atoms with Gasteiger partial charge in [0, 0.05) is 16.6 Å². The molecule has 0 radical (unpaired) electrons. The summed E-state index contributed by atoms with van der Waals surface area (Å²) in [5, 5.41) is 6.56. The van der Waals surface area contributed by atoms with Crippen LogP contribution in [0.3, 0.4) is 0 Å². The third kappa shape index (κ3) is 2.60. The SMILES string of the molecule is O=C(NC1CC12CCNCC2)c1cc(F)cc(Cl)c1. The van der Waals surface area contributed by atoms with Gasteiger partial charge in [-0.15, -0.1) is 0 Å². The van der Waals surface area contributed by atoms with E-state index in [0.717, 1.165) is 32.4 Å². The van der Waals surface area contributed by atoms with Gasteiger partial charge in [-0.3, -0.25) is 4.79 Å². The van der Waals surface area contributed by atoms with Crippen LogP contribution in [0.25, 0.3) is 0 Å². The average molecular weight is 283 g/mol. The number of hydrogen-bond donors (Lipinski definition) is 2. The van der Waals surface area contributed by atoms with Crippen LogP contribution in [0.2, 0.25) is 5.02 Å². The molecule has 1 amide bonds. The molecule has 3 nitrogen and oxygen atoms in total. The first kappa shape index (κ1) is 12.9. The molecule has 5 heteroatoms. The summed E-state index contributed by atoms with van der Waals surface area (Å²) in [5.41, 5.74) is 0.568. The highest BCUT2D eigenvalue weighted by Gasteiger charge is 2.54. The Balaban J connectivity index is 1.66. The fourth-order valence-electron chi connectivity index (χ4n) is 2.96. The van der Waals surface area contributed by atoms with Crippen LogP contribution in [0, 0.1) is 11.2 Å². The monoisotopic (exact) mass is 282 g/mol. The van der Waals surface area contributed by atoms with Gasteiger partial charge in [-0.1, -0.05) is 11.6 Å². The summed E-state index contributed by atoms with van der Waals surface area (Å²) in [4.78, 5) is 12.1. The van der Waals surface area contributed by atoms with Crippen molar-refractivity contribution >= 4 is 17.5 Å². The number of amides is 1. The second kappa shape index (κ2) is 4.76. The molecule has 1 spiro atoms. The molecule has 1 aromatic rings. The van der Waals surface area contributed by atoms with E-state index in [0.29, 0.717) is 5.56 Å². The molecule has 1 saturated heterocycles. The number of halogens is 2. The lowest BCUT2D eigenvalue weighted by Gasteiger charge is -2.23. The van der Waals surface area contributed by atoms with E-state index in [1.54, 1.807) is 0 Å². The van der Waals surface area contributed by atoms with Crippen LogP contribution in [0.1, 0.15) is 29.6 Å². The van der Waals surface area contributed by atoms with E-state index in [-0.39, 0.29) is 22.4 Å². The molecule has 19 heavy (non-hydrogen) atoms. The zero-order chi connectivity index (χ0) is 13.5. The summed E-state index contributed by atoms with van der Waals surface area (Å²) < 4.78 is 13.2. The van der Waals surface area contributed by atoms with Crippen LogP contribution in [-0.4, -0.2) is 25.0 Å². The summed E-state index contributed by atoms with van der Waals surface area (Å²) in [7, 11) is 0. The molecule has 2 aliphatic rings. The van der Waals surface area contributed by atoms with Crippen molar-refractivity contribution in [2.45, 2.75) is 25.3 Å². The van der Waals surface area contributed by atoms with Crippen molar-refractivity contribution in [2.75, 3.05) is 13.1 Å². The van der Waals surface area contributed by atoms with E-state index in [9.17, 15) is 9.18 Å². The third-order valence-corrected chi connectivity index (χ3v) is 4.44. The van der Waals surface area contributed by atoms with Gasteiger partial charge in [-0.25, -0.2) is 4.39 Å². The fraction of sp³-hybridized carbons (Fsp3) is 0.500. The van der Waals surface area contributed by atoms with E-state index in [4.69, 9.17) is 11.6 Å². The number of hydrogen-bond acceptors (Lipinski definition) is 2. The van der Waals surface area contributed by atoms with Gasteiger partial charge in [-0.2, -0.15) is 0 Å². The highest BCUT2D eigenvalue weighted by Crippen LogP contribution is 2.52. The van der Waals surface area contributed by atoms with Gasteiger partial charge in [0.05, 0.1) is 0 Å². The normalized spacial score (nSPS) is 24.2. The van der Waals surface area contributed by atoms with Crippen molar-refractivity contribution in [3.63, 3.8) is 0 Å². The Labute approximate surface area is 116 Å². The number of piperidine rings is 1. The molecule has 1 atom stereocenters. The minimum atomic E-state index is -0.481. The lowest BCUT2D eigenvalue weighted by Crippen LogP contribution is -2.36. The maximum atomic E-state index is 13.2. The Morgan fingerprint density at radius 1 is 1.37 bits per heavy atom. The largest absolute Gasteiger partial charge is 0.349 e. The highest BCUT2D eigenvalue weighted by molar-refractivity contribution is 6.31. The third-order valence-electron chi connectivity index (χ3n) is 4.22. The first-order valence-corrected chi connectivity index (χ1v) is 6.95. The molecule has 1 saturated carbocycles. The smallest absolute Gasteiger partial charge is 0.251 e. The molecule has 0 bridgehead atoms. The van der Waals surface area contributed by atoms with Crippen LogP contribution in [-0.2, 0) is 0 Å². The Morgan fingerprint density at radius 3 is 2.79 bits per heavy atom. The number of carbonyl (C=O) groups is 1. The molecule has 1 aliphatic carbocycles. The van der Waals surface area contributed by atoms with E-state index >= 15 is 0 Å². The van der Waals surface area contributed by atoms with Gasteiger partial charge in [0.25, 0.3) is 5.91 Å². The van der Waals surface area contributed by atoms with Crippen LogP contribution in [0.15, 0.2) is 18.2 Å². The summed E-state index contributed by atoms with van der Waals surface area (Å²) in [5.74, 6) is -0.716. The van der Waals surface area contributed by atoms with Crippen LogP contribution in [0.4, 0.5) is 4.39 Å². The standard InChI is InChI=1S/C14H16ClFN2O/c15-10-5-9(6-11(16)7-10)13(19)18-12-8-14(12)1-3-17-4-2-14/h5-7,12,17H,1-4,8H2,(H,18,19). The second-order valence-corrected chi connectivity index (χ2v) is 5.94. The maximum absolute atomic E-state index is 13.2. The minimum Gasteiger partial charge on any atom is -0.349 e. The number of nitrogens with one attached hydrogen (secondary N) is 2. The van der Waals surface area contributed by atoms with Gasteiger partial charge >= 0.3 is 0 Å². The molecule has 1 heterocycles. The fourth-order valence-corrected chi connectivity index (χ4v) is 3.18. The van der Waals surface area contributed by atoms with Gasteiger partial charge in [0.1, 0.15) is 5.82 Å². The van der Waals surface area contributed by atoms with E-state index in [1.807, 2.05) is 0 Å². The number of rotatable bonds is 2. The number of benzene rings is 1. The number of carbonyl (C=O) groups excluding carboxylic acids is 1. The summed E-state index contributed by atoms with van der Waals surface area (Å²) in [6.07, 6.45) is 3.23. The van der Waals surface area contributed by atoms with Gasteiger partial charge in [0.2, 0.25) is 0 Å². The summed E-state index contributed by atoms with van der Waals surface area (Å²) in [6, 6.07) is 4.14. The molecule has 1 unspecified atom stereocenters. The zero-order valence-corrected chi connectivity index (χ0v) is 11.3. The highest BCUT2D eigenvalue weighted by atomic mass is 35.5. The lowest BCUT2D eigenvalue weighted by molar-refractivity contribution is 0.0942. The molecule has 1 aromatic carbocycles.